The van der Waals surface area contributed by atoms with E-state index in [4.69, 9.17) is 32.7 Å². The minimum Gasteiger partial charge on any atom is -0.356 e. The summed E-state index contributed by atoms with van der Waals surface area (Å²) in [6.07, 6.45) is 2.47. The first-order valence-electron chi connectivity index (χ1n) is 6.88. The Kier molecular flexibility index (Phi) is 5.48. The van der Waals surface area contributed by atoms with E-state index in [-0.39, 0.29) is 31.0 Å². The molecule has 1 N–H and O–H groups in total. The van der Waals surface area contributed by atoms with Crippen molar-refractivity contribution >= 4 is 47.2 Å². The Morgan fingerprint density at radius 3 is 2.61 bits per heavy atom. The van der Waals surface area contributed by atoms with E-state index in [0.717, 1.165) is 5.70 Å². The van der Waals surface area contributed by atoms with Crippen LogP contribution in [0.3, 0.4) is 0 Å². The Labute approximate surface area is 150 Å². The maximum absolute atomic E-state index is 12.5. The van der Waals surface area contributed by atoms with Crippen molar-refractivity contribution in [2.24, 2.45) is 0 Å². The van der Waals surface area contributed by atoms with Crippen LogP contribution in [0.4, 0.5) is 5.69 Å². The molecule has 1 aromatic rings. The summed E-state index contributed by atoms with van der Waals surface area (Å²) in [5.74, 6) is -0.130. The van der Waals surface area contributed by atoms with Gasteiger partial charge in [-0.2, -0.15) is 0 Å². The fourth-order valence-corrected chi connectivity index (χ4v) is 3.22. The van der Waals surface area contributed by atoms with Crippen molar-refractivity contribution in [2.75, 3.05) is 12.1 Å². The lowest BCUT2D eigenvalue weighted by Crippen LogP contribution is -2.59. The second-order valence-corrected chi connectivity index (χ2v) is 6.39. The van der Waals surface area contributed by atoms with E-state index in [2.05, 4.69) is 5.43 Å². The summed E-state index contributed by atoms with van der Waals surface area (Å²) in [5.41, 5.74) is 3.82. The number of hydrogen-bond donors (Lipinski definition) is 1. The van der Waals surface area contributed by atoms with Crippen molar-refractivity contribution < 1.29 is 14.3 Å². The van der Waals surface area contributed by atoms with Crippen LogP contribution < -0.4 is 10.4 Å². The molecule has 0 aliphatic carbocycles. The lowest BCUT2D eigenvalue weighted by atomic mass is 9.92. The van der Waals surface area contributed by atoms with Gasteiger partial charge in [0, 0.05) is 23.6 Å². The van der Waals surface area contributed by atoms with Crippen molar-refractivity contribution in [1.82, 2.24) is 5.43 Å². The van der Waals surface area contributed by atoms with Crippen LogP contribution in [0.1, 0.15) is 19.8 Å². The molecule has 2 aliphatic heterocycles. The molecule has 2 heterocycles. The summed E-state index contributed by atoms with van der Waals surface area (Å²) >= 11 is 12.0. The van der Waals surface area contributed by atoms with E-state index in [1.165, 1.54) is 5.01 Å². The molecule has 1 saturated heterocycles. The molecule has 1 aromatic carbocycles. The van der Waals surface area contributed by atoms with Crippen LogP contribution in [-0.2, 0) is 14.3 Å². The number of anilines is 1. The molecule has 1 amide bonds. The summed E-state index contributed by atoms with van der Waals surface area (Å²) in [4.78, 5) is 12.5. The smallest absolute Gasteiger partial charge is 0.248 e. The van der Waals surface area contributed by atoms with Gasteiger partial charge < -0.3 is 9.47 Å². The molecule has 0 bridgehead atoms. The van der Waals surface area contributed by atoms with Gasteiger partial charge in [-0.1, -0.05) is 29.3 Å². The predicted octanol–water partition coefficient (Wildman–Crippen LogP) is 3.69. The van der Waals surface area contributed by atoms with Gasteiger partial charge in [0.05, 0.1) is 17.8 Å². The summed E-state index contributed by atoms with van der Waals surface area (Å²) in [7, 11) is 1.59. The standard InChI is InChI=1S/C15H16Cl2N2O3.ClH/c1-15-8-13(20)19(11-6-9(16)5-10(17)7-11)18-12(15)3-4-14(21-2)22-15;/h3,5-7,14,18H,4,8H2,1-2H3;1H/t14-,15-;/m0./s1. The second kappa shape index (κ2) is 6.87. The number of benzene rings is 1. The van der Waals surface area contributed by atoms with Crippen LogP contribution in [0.5, 0.6) is 0 Å². The minimum atomic E-state index is -0.713. The molecule has 0 radical (unpaired) electrons. The van der Waals surface area contributed by atoms with Gasteiger partial charge in [-0.05, 0) is 25.1 Å². The Hall–Kier alpha value is -0.980. The van der Waals surface area contributed by atoms with Crippen LogP contribution in [0.25, 0.3) is 0 Å². The van der Waals surface area contributed by atoms with Crippen LogP contribution in [-0.4, -0.2) is 24.9 Å². The second-order valence-electron chi connectivity index (χ2n) is 5.51. The highest BCUT2D eigenvalue weighted by Crippen LogP contribution is 2.37. The maximum atomic E-state index is 12.5. The lowest BCUT2D eigenvalue weighted by molar-refractivity contribution is -0.194. The molecule has 0 aromatic heterocycles. The quantitative estimate of drug-likeness (QED) is 0.851. The Morgan fingerprint density at radius 1 is 1.35 bits per heavy atom. The summed E-state index contributed by atoms with van der Waals surface area (Å²) in [6.45, 7) is 1.87. The first-order valence-corrected chi connectivity index (χ1v) is 7.64. The summed E-state index contributed by atoms with van der Waals surface area (Å²) in [5, 5.41) is 2.39. The molecule has 5 nitrogen and oxygen atoms in total. The first-order chi connectivity index (χ1) is 10.4. The third-order valence-corrected chi connectivity index (χ3v) is 4.25. The number of fused-ring (bicyclic) bond motifs is 1. The zero-order valence-corrected chi connectivity index (χ0v) is 15.0. The van der Waals surface area contributed by atoms with Gasteiger partial charge in [0.15, 0.2) is 6.29 Å². The van der Waals surface area contributed by atoms with E-state index in [9.17, 15) is 4.79 Å². The normalized spacial score (nSPS) is 26.8. The monoisotopic (exact) mass is 378 g/mol. The largest absolute Gasteiger partial charge is 0.356 e. The lowest BCUT2D eigenvalue weighted by Gasteiger charge is -2.45. The van der Waals surface area contributed by atoms with Gasteiger partial charge in [0.1, 0.15) is 5.60 Å². The molecule has 1 fully saturated rings. The van der Waals surface area contributed by atoms with E-state index < -0.39 is 5.60 Å². The highest BCUT2D eigenvalue weighted by atomic mass is 35.5. The number of hydrogen-bond acceptors (Lipinski definition) is 4. The summed E-state index contributed by atoms with van der Waals surface area (Å²) < 4.78 is 11.1. The number of rotatable bonds is 2. The SMILES string of the molecule is CO[C@@H]1CC=C2NN(c3cc(Cl)cc(Cl)c3)C(=O)C[C@]2(C)O1.Cl. The van der Waals surface area contributed by atoms with E-state index in [1.807, 2.05) is 13.0 Å². The topological polar surface area (TPSA) is 50.8 Å². The Bertz CT molecular complexity index is 633. The van der Waals surface area contributed by atoms with E-state index in [0.29, 0.717) is 22.2 Å². The van der Waals surface area contributed by atoms with Crippen molar-refractivity contribution in [1.29, 1.82) is 0 Å². The average molecular weight is 380 g/mol. The average Bonchev–Trinajstić information content (AvgIpc) is 2.44. The molecule has 0 unspecified atom stereocenters. The first kappa shape index (κ1) is 18.4. The number of hydrazine groups is 1. The maximum Gasteiger partial charge on any atom is 0.248 e. The third-order valence-electron chi connectivity index (χ3n) is 3.81. The molecular formula is C15H17Cl3N2O3. The predicted molar refractivity (Wildman–Crippen MR) is 91.9 cm³/mol. The van der Waals surface area contributed by atoms with Crippen molar-refractivity contribution in [3.05, 3.63) is 40.0 Å². The molecule has 126 valence electrons. The van der Waals surface area contributed by atoms with Crippen LogP contribution in [0.2, 0.25) is 10.0 Å². The molecule has 3 rings (SSSR count). The van der Waals surface area contributed by atoms with Crippen LogP contribution >= 0.6 is 35.6 Å². The Morgan fingerprint density at radius 2 is 2.00 bits per heavy atom. The van der Waals surface area contributed by atoms with Gasteiger partial charge in [0.25, 0.3) is 0 Å². The molecule has 23 heavy (non-hydrogen) atoms. The number of carbonyl (C=O) groups excluding carboxylic acids is 1. The highest BCUT2D eigenvalue weighted by Gasteiger charge is 2.44. The number of methoxy groups -OCH3 is 1. The highest BCUT2D eigenvalue weighted by molar-refractivity contribution is 6.35. The fraction of sp³-hybridized carbons (Fsp3) is 0.400. The number of halogens is 3. The fourth-order valence-electron chi connectivity index (χ4n) is 2.70. The Balaban J connectivity index is 0.00000192. The number of nitrogens with one attached hydrogen (secondary N) is 1. The third kappa shape index (κ3) is 3.59. The van der Waals surface area contributed by atoms with Crippen LogP contribution in [0.15, 0.2) is 30.0 Å². The molecule has 8 heteroatoms. The number of amides is 1. The van der Waals surface area contributed by atoms with Gasteiger partial charge in [-0.15, -0.1) is 12.4 Å². The van der Waals surface area contributed by atoms with Crippen molar-refractivity contribution in [3.8, 4) is 0 Å². The number of carbonyl (C=O) groups is 1. The number of nitrogens with zero attached hydrogens (tertiary/aromatic N) is 1. The summed E-state index contributed by atoms with van der Waals surface area (Å²) in [6, 6.07) is 4.99. The molecule has 2 aliphatic rings. The minimum absolute atomic E-state index is 0. The van der Waals surface area contributed by atoms with Crippen molar-refractivity contribution in [3.63, 3.8) is 0 Å². The zero-order valence-electron chi connectivity index (χ0n) is 12.6. The van der Waals surface area contributed by atoms with Gasteiger partial charge in [0.2, 0.25) is 5.91 Å². The van der Waals surface area contributed by atoms with Gasteiger partial charge in [-0.3, -0.25) is 10.2 Å². The van der Waals surface area contributed by atoms with Gasteiger partial charge >= 0.3 is 0 Å². The van der Waals surface area contributed by atoms with E-state index in [1.54, 1.807) is 25.3 Å². The molecule has 0 saturated carbocycles. The van der Waals surface area contributed by atoms with Crippen molar-refractivity contribution in [2.45, 2.75) is 31.7 Å². The van der Waals surface area contributed by atoms with Crippen LogP contribution in [0, 0.1) is 0 Å². The zero-order chi connectivity index (χ0) is 15.9. The molecule has 0 spiro atoms. The molecular weight excluding hydrogens is 363 g/mol. The van der Waals surface area contributed by atoms with E-state index >= 15 is 0 Å². The number of ether oxygens (including phenoxy) is 2. The van der Waals surface area contributed by atoms with Gasteiger partial charge in [-0.25, -0.2) is 5.01 Å². The molecule has 2 atom stereocenters.